The average molecular weight is 296 g/mol. The molecule has 0 N–H and O–H groups in total. The predicted octanol–water partition coefficient (Wildman–Crippen LogP) is 1.28. The molecule has 4 nitrogen and oxygen atoms in total. The molecule has 0 fully saturated rings. The smallest absolute Gasteiger partial charge is 0.219 e. The van der Waals surface area contributed by atoms with Crippen LogP contribution in [0.3, 0.4) is 0 Å². The first-order valence-corrected chi connectivity index (χ1v) is 6.78. The van der Waals surface area contributed by atoms with Gasteiger partial charge in [-0.1, -0.05) is 6.08 Å². The minimum absolute atomic E-state index is 0.0727. The summed E-state index contributed by atoms with van der Waals surface area (Å²) < 4.78 is 24.8. The van der Waals surface area contributed by atoms with Crippen LogP contribution in [-0.2, 0) is 14.8 Å². The summed E-state index contributed by atoms with van der Waals surface area (Å²) in [4.78, 5) is 11.4. The van der Waals surface area contributed by atoms with Crippen molar-refractivity contribution in [2.45, 2.75) is 25.5 Å². The summed E-state index contributed by atoms with van der Waals surface area (Å²) in [5.41, 5.74) is 0. The van der Waals surface area contributed by atoms with Gasteiger partial charge in [-0.3, -0.25) is 4.79 Å². The van der Waals surface area contributed by atoms with Crippen molar-refractivity contribution >= 4 is 31.7 Å². The second-order valence-electron chi connectivity index (χ2n) is 4.39. The highest BCUT2D eigenvalue weighted by atomic mass is 79.9. The third-order valence-electron chi connectivity index (χ3n) is 2.17. The van der Waals surface area contributed by atoms with Gasteiger partial charge in [0.25, 0.3) is 0 Å². The fourth-order valence-corrected chi connectivity index (χ4v) is 2.77. The van der Waals surface area contributed by atoms with Gasteiger partial charge in [-0.2, -0.15) is 4.31 Å². The van der Waals surface area contributed by atoms with Crippen molar-refractivity contribution in [3.63, 3.8) is 0 Å². The number of sulfonamides is 1. The average Bonchev–Trinajstić information content (AvgIpc) is 2.07. The van der Waals surface area contributed by atoms with Gasteiger partial charge in [0.05, 0.1) is 15.8 Å². The zero-order valence-corrected chi connectivity index (χ0v) is 11.4. The van der Waals surface area contributed by atoms with Crippen LogP contribution in [0.5, 0.6) is 0 Å². The Labute approximate surface area is 98.5 Å². The number of nitrogens with zero attached hydrogens (tertiary/aromatic N) is 1. The summed E-state index contributed by atoms with van der Waals surface area (Å²) >= 11 is 3.09. The SMILES string of the molecule is CC(C)(C)S(=O)(=O)N1CC=C(Br)C(=O)C1. The number of hydrogen-bond acceptors (Lipinski definition) is 3. The standard InChI is InChI=1S/C9H14BrNO3S/c1-9(2,3)15(13,14)11-5-4-7(10)8(12)6-11/h4H,5-6H2,1-3H3. The summed E-state index contributed by atoms with van der Waals surface area (Å²) in [5, 5.41) is 0. The highest BCUT2D eigenvalue weighted by Gasteiger charge is 2.37. The number of halogens is 1. The Balaban J connectivity index is 3.00. The van der Waals surface area contributed by atoms with Gasteiger partial charge in [-0.25, -0.2) is 8.42 Å². The topological polar surface area (TPSA) is 54.5 Å². The Morgan fingerprint density at radius 3 is 2.33 bits per heavy atom. The molecule has 0 unspecified atom stereocenters. The van der Waals surface area contributed by atoms with E-state index < -0.39 is 14.8 Å². The number of carbonyl (C=O) groups is 1. The van der Waals surface area contributed by atoms with Crippen LogP contribution in [0.4, 0.5) is 0 Å². The molecular formula is C9H14BrNO3S. The van der Waals surface area contributed by atoms with Crippen molar-refractivity contribution in [3.05, 3.63) is 10.6 Å². The number of rotatable bonds is 1. The lowest BCUT2D eigenvalue weighted by Crippen LogP contribution is -2.46. The molecule has 6 heteroatoms. The van der Waals surface area contributed by atoms with Crippen LogP contribution < -0.4 is 0 Å². The maximum Gasteiger partial charge on any atom is 0.219 e. The highest BCUT2D eigenvalue weighted by molar-refractivity contribution is 9.12. The quantitative estimate of drug-likeness (QED) is 0.732. The highest BCUT2D eigenvalue weighted by Crippen LogP contribution is 2.23. The largest absolute Gasteiger partial charge is 0.292 e. The van der Waals surface area contributed by atoms with Crippen molar-refractivity contribution in [2.75, 3.05) is 13.1 Å². The van der Waals surface area contributed by atoms with Gasteiger partial charge in [0.2, 0.25) is 10.0 Å². The number of Topliss-reactive ketones (excluding diaryl/α,β-unsaturated/α-hetero) is 1. The summed E-state index contributed by atoms with van der Waals surface area (Å²) in [6, 6.07) is 0. The Bertz CT molecular complexity index is 406. The molecule has 1 rings (SSSR count). The summed E-state index contributed by atoms with van der Waals surface area (Å²) in [5.74, 6) is -0.200. The van der Waals surface area contributed by atoms with Crippen molar-refractivity contribution in [1.29, 1.82) is 0 Å². The Morgan fingerprint density at radius 1 is 1.40 bits per heavy atom. The molecule has 0 radical (unpaired) electrons. The molecule has 0 aromatic carbocycles. The zero-order chi connectivity index (χ0) is 11.9. The van der Waals surface area contributed by atoms with Crippen LogP contribution in [0.2, 0.25) is 0 Å². The molecule has 15 heavy (non-hydrogen) atoms. The molecule has 0 bridgehead atoms. The lowest BCUT2D eigenvalue weighted by atomic mass is 10.3. The lowest BCUT2D eigenvalue weighted by molar-refractivity contribution is -0.115. The molecule has 0 aromatic rings. The maximum atomic E-state index is 12.0. The van der Waals surface area contributed by atoms with Crippen LogP contribution >= 0.6 is 15.9 Å². The van der Waals surface area contributed by atoms with Crippen molar-refractivity contribution in [1.82, 2.24) is 4.31 Å². The minimum atomic E-state index is -3.41. The van der Waals surface area contributed by atoms with E-state index in [1.807, 2.05) is 0 Å². The summed E-state index contributed by atoms with van der Waals surface area (Å²) in [6.07, 6.45) is 1.58. The van der Waals surface area contributed by atoms with Gasteiger partial charge in [0.1, 0.15) is 0 Å². The second-order valence-corrected chi connectivity index (χ2v) is 7.93. The molecular weight excluding hydrogens is 282 g/mol. The van der Waals surface area contributed by atoms with Gasteiger partial charge in [-0.15, -0.1) is 0 Å². The third-order valence-corrected chi connectivity index (χ3v) is 5.45. The minimum Gasteiger partial charge on any atom is -0.292 e. The molecule has 0 aliphatic carbocycles. The molecule has 0 spiro atoms. The van der Waals surface area contributed by atoms with Gasteiger partial charge in [0, 0.05) is 6.54 Å². The first-order valence-electron chi connectivity index (χ1n) is 4.55. The molecule has 0 amide bonds. The molecule has 1 aliphatic heterocycles. The van der Waals surface area contributed by atoms with E-state index in [2.05, 4.69) is 15.9 Å². The zero-order valence-electron chi connectivity index (χ0n) is 8.95. The van der Waals surface area contributed by atoms with Gasteiger partial charge in [-0.05, 0) is 36.7 Å². The predicted molar refractivity (Wildman–Crippen MR) is 62.3 cm³/mol. The Morgan fingerprint density at radius 2 is 1.93 bits per heavy atom. The van der Waals surface area contributed by atoms with E-state index in [4.69, 9.17) is 0 Å². The van der Waals surface area contributed by atoms with Crippen LogP contribution in [0.1, 0.15) is 20.8 Å². The molecule has 0 saturated heterocycles. The number of hydrogen-bond donors (Lipinski definition) is 0. The van der Waals surface area contributed by atoms with Crippen LogP contribution in [0.15, 0.2) is 10.6 Å². The molecule has 1 aliphatic rings. The second kappa shape index (κ2) is 3.99. The molecule has 0 saturated carbocycles. The molecule has 86 valence electrons. The van der Waals surface area contributed by atoms with E-state index in [0.717, 1.165) is 0 Å². The van der Waals surface area contributed by atoms with E-state index in [9.17, 15) is 13.2 Å². The maximum absolute atomic E-state index is 12.0. The van der Waals surface area contributed by atoms with Crippen molar-refractivity contribution in [3.8, 4) is 0 Å². The third kappa shape index (κ3) is 2.49. The summed E-state index contributed by atoms with van der Waals surface area (Å²) in [7, 11) is -3.41. The Hall–Kier alpha value is -0.200. The fourth-order valence-electron chi connectivity index (χ4n) is 1.17. The van der Waals surface area contributed by atoms with E-state index in [1.165, 1.54) is 4.31 Å². The first-order chi connectivity index (χ1) is 6.66. The van der Waals surface area contributed by atoms with Crippen molar-refractivity contribution in [2.24, 2.45) is 0 Å². The van der Waals surface area contributed by atoms with Crippen molar-refractivity contribution < 1.29 is 13.2 Å². The molecule has 1 heterocycles. The summed E-state index contributed by atoms with van der Waals surface area (Å²) in [6.45, 7) is 5.06. The Kier molecular flexibility index (Phi) is 3.42. The monoisotopic (exact) mass is 295 g/mol. The van der Waals surface area contributed by atoms with E-state index >= 15 is 0 Å². The van der Waals surface area contributed by atoms with Gasteiger partial charge >= 0.3 is 0 Å². The molecule has 0 atom stereocenters. The van der Waals surface area contributed by atoms with E-state index in [1.54, 1.807) is 26.8 Å². The normalized spacial score (nSPS) is 20.3. The molecule has 0 aromatic heterocycles. The first kappa shape index (κ1) is 12.9. The van der Waals surface area contributed by atoms with Crippen LogP contribution in [0.25, 0.3) is 0 Å². The lowest BCUT2D eigenvalue weighted by Gasteiger charge is -2.30. The number of carbonyl (C=O) groups excluding carboxylic acids is 1. The van der Waals surface area contributed by atoms with Crippen LogP contribution in [-0.4, -0.2) is 36.3 Å². The van der Waals surface area contributed by atoms with E-state index in [0.29, 0.717) is 4.48 Å². The van der Waals surface area contributed by atoms with Crippen LogP contribution in [0, 0.1) is 0 Å². The number of ketones is 1. The van der Waals surface area contributed by atoms with Gasteiger partial charge < -0.3 is 0 Å². The van der Waals surface area contributed by atoms with E-state index in [-0.39, 0.29) is 18.9 Å². The fraction of sp³-hybridized carbons (Fsp3) is 0.667. The van der Waals surface area contributed by atoms with Gasteiger partial charge in [0.15, 0.2) is 5.78 Å².